The van der Waals surface area contributed by atoms with Crippen molar-refractivity contribution in [1.29, 1.82) is 0 Å². The molecule has 0 aliphatic rings. The molecule has 0 atom stereocenters. The number of unbranched alkanes of at least 4 members (excludes halogenated alkanes) is 1. The maximum Gasteiger partial charge on any atom is 0.107 e. The summed E-state index contributed by atoms with van der Waals surface area (Å²) in [6.45, 7) is 14.2. The Kier molecular flexibility index (Phi) is 8.26. The molecule has 110 valence electrons. The van der Waals surface area contributed by atoms with Gasteiger partial charge in [-0.1, -0.05) is 34.1 Å². The number of rotatable bonds is 10. The lowest BCUT2D eigenvalue weighted by molar-refractivity contribution is 0.295. The van der Waals surface area contributed by atoms with Gasteiger partial charge in [0.2, 0.25) is 0 Å². The van der Waals surface area contributed by atoms with E-state index in [2.05, 4.69) is 37.9 Å². The Morgan fingerprint density at radius 2 is 1.89 bits per heavy atom. The van der Waals surface area contributed by atoms with Crippen molar-refractivity contribution in [2.75, 3.05) is 19.6 Å². The number of nitrogens with one attached hydrogen (secondary N) is 1. The third-order valence-electron chi connectivity index (χ3n) is 3.40. The molecular formula is C15H29N3S. The minimum Gasteiger partial charge on any atom is -0.312 e. The fraction of sp³-hybridized carbons (Fsp3) is 0.800. The average Bonchev–Trinajstić information content (AvgIpc) is 2.83. The first kappa shape index (κ1) is 16.6. The predicted molar refractivity (Wildman–Crippen MR) is 84.7 cm³/mol. The number of thiazole rings is 1. The van der Waals surface area contributed by atoms with Crippen LogP contribution in [-0.4, -0.2) is 29.5 Å². The highest BCUT2D eigenvalue weighted by molar-refractivity contribution is 7.11. The Bertz CT molecular complexity index is 345. The van der Waals surface area contributed by atoms with Crippen LogP contribution in [-0.2, 0) is 19.5 Å². The lowest BCUT2D eigenvalue weighted by Crippen LogP contribution is -2.21. The summed E-state index contributed by atoms with van der Waals surface area (Å²) in [5, 5.41) is 4.80. The second kappa shape index (κ2) is 9.45. The van der Waals surface area contributed by atoms with Crippen molar-refractivity contribution in [1.82, 2.24) is 15.2 Å². The monoisotopic (exact) mass is 283 g/mol. The molecule has 0 radical (unpaired) electrons. The van der Waals surface area contributed by atoms with Gasteiger partial charge in [-0.2, -0.15) is 0 Å². The first-order valence-electron chi connectivity index (χ1n) is 7.65. The molecule has 1 rings (SSSR count). The zero-order valence-electron chi connectivity index (χ0n) is 13.0. The molecule has 4 heteroatoms. The summed E-state index contributed by atoms with van der Waals surface area (Å²) in [4.78, 5) is 8.65. The lowest BCUT2D eigenvalue weighted by atomic mass is 10.3. The molecule has 0 saturated heterocycles. The summed E-state index contributed by atoms with van der Waals surface area (Å²) in [6.07, 6.45) is 3.55. The van der Waals surface area contributed by atoms with Crippen molar-refractivity contribution in [3.8, 4) is 0 Å². The van der Waals surface area contributed by atoms with Gasteiger partial charge in [-0.25, -0.2) is 4.98 Å². The van der Waals surface area contributed by atoms with Gasteiger partial charge < -0.3 is 5.32 Å². The van der Waals surface area contributed by atoms with Crippen LogP contribution < -0.4 is 5.32 Å². The normalized spacial score (nSPS) is 11.4. The topological polar surface area (TPSA) is 28.2 Å². The molecule has 0 unspecified atom stereocenters. The first-order chi connectivity index (χ1) is 9.24. The van der Waals surface area contributed by atoms with Gasteiger partial charge in [0.25, 0.3) is 0 Å². The number of aromatic nitrogens is 1. The summed E-state index contributed by atoms with van der Waals surface area (Å²) in [7, 11) is 0. The largest absolute Gasteiger partial charge is 0.312 e. The Balaban J connectivity index is 2.57. The van der Waals surface area contributed by atoms with Crippen molar-refractivity contribution in [3.63, 3.8) is 0 Å². The molecule has 0 amide bonds. The molecule has 1 aromatic rings. The molecule has 1 aromatic heterocycles. The highest BCUT2D eigenvalue weighted by Crippen LogP contribution is 2.20. The van der Waals surface area contributed by atoms with Crippen molar-refractivity contribution in [2.24, 2.45) is 0 Å². The molecule has 0 saturated carbocycles. The molecule has 19 heavy (non-hydrogen) atoms. The van der Waals surface area contributed by atoms with Gasteiger partial charge in [0.05, 0.1) is 12.2 Å². The van der Waals surface area contributed by atoms with Crippen molar-refractivity contribution in [3.05, 3.63) is 15.6 Å². The molecule has 1 heterocycles. The third-order valence-corrected chi connectivity index (χ3v) is 4.49. The summed E-state index contributed by atoms with van der Waals surface area (Å²) in [6, 6.07) is 0. The minimum atomic E-state index is 0.985. The molecule has 1 N–H and O–H groups in total. The van der Waals surface area contributed by atoms with Gasteiger partial charge in [0.1, 0.15) is 5.01 Å². The SMILES string of the molecule is CCCCNCc1sc(CN(CC)CC)nc1CC. The third kappa shape index (κ3) is 5.59. The standard InChI is InChI=1S/C15H29N3S/c1-5-9-10-16-11-14-13(6-2)17-15(19-14)12-18(7-3)8-4/h16H,5-12H2,1-4H3. The van der Waals surface area contributed by atoms with E-state index in [0.29, 0.717) is 0 Å². The van der Waals surface area contributed by atoms with Gasteiger partial charge in [-0.15, -0.1) is 11.3 Å². The number of hydrogen-bond donors (Lipinski definition) is 1. The van der Waals surface area contributed by atoms with E-state index < -0.39 is 0 Å². The lowest BCUT2D eigenvalue weighted by Gasteiger charge is -2.15. The second-order valence-electron chi connectivity index (χ2n) is 4.82. The van der Waals surface area contributed by atoms with Crippen LogP contribution in [0.3, 0.4) is 0 Å². The Labute approximate surface area is 122 Å². The molecule has 0 aliphatic heterocycles. The summed E-state index contributed by atoms with van der Waals surface area (Å²) < 4.78 is 0. The molecule has 0 aliphatic carbocycles. The highest BCUT2D eigenvalue weighted by Gasteiger charge is 2.11. The smallest absolute Gasteiger partial charge is 0.107 e. The van der Waals surface area contributed by atoms with E-state index in [-0.39, 0.29) is 0 Å². The molecule has 0 fully saturated rings. The first-order valence-corrected chi connectivity index (χ1v) is 8.47. The van der Waals surface area contributed by atoms with E-state index >= 15 is 0 Å². The van der Waals surface area contributed by atoms with E-state index in [1.165, 1.54) is 28.4 Å². The van der Waals surface area contributed by atoms with Gasteiger partial charge in [0, 0.05) is 11.4 Å². The van der Waals surface area contributed by atoms with E-state index in [1.54, 1.807) is 0 Å². The fourth-order valence-electron chi connectivity index (χ4n) is 2.06. The van der Waals surface area contributed by atoms with E-state index in [0.717, 1.165) is 39.1 Å². The Hall–Kier alpha value is -0.450. The summed E-state index contributed by atoms with van der Waals surface area (Å²) >= 11 is 1.89. The highest BCUT2D eigenvalue weighted by atomic mass is 32.1. The molecule has 0 bridgehead atoms. The van der Waals surface area contributed by atoms with Crippen LogP contribution in [0.5, 0.6) is 0 Å². The number of hydrogen-bond acceptors (Lipinski definition) is 4. The summed E-state index contributed by atoms with van der Waals surface area (Å²) in [5.74, 6) is 0. The van der Waals surface area contributed by atoms with Crippen molar-refractivity contribution < 1.29 is 0 Å². The van der Waals surface area contributed by atoms with Gasteiger partial charge in [0.15, 0.2) is 0 Å². The maximum absolute atomic E-state index is 4.80. The summed E-state index contributed by atoms with van der Waals surface area (Å²) in [5.41, 5.74) is 1.29. The van der Waals surface area contributed by atoms with Crippen LogP contribution in [0.25, 0.3) is 0 Å². The van der Waals surface area contributed by atoms with Crippen LogP contribution in [0.2, 0.25) is 0 Å². The van der Waals surface area contributed by atoms with E-state index in [4.69, 9.17) is 4.98 Å². The van der Waals surface area contributed by atoms with Gasteiger partial charge in [-0.05, 0) is 32.5 Å². The van der Waals surface area contributed by atoms with Crippen LogP contribution >= 0.6 is 11.3 Å². The maximum atomic E-state index is 4.80. The van der Waals surface area contributed by atoms with Crippen LogP contribution in [0.1, 0.15) is 56.1 Å². The number of aryl methyl sites for hydroxylation is 1. The molecule has 0 spiro atoms. The Morgan fingerprint density at radius 3 is 2.47 bits per heavy atom. The van der Waals surface area contributed by atoms with Crippen molar-refractivity contribution in [2.45, 2.75) is 60.0 Å². The predicted octanol–water partition coefficient (Wildman–Crippen LogP) is 3.44. The van der Waals surface area contributed by atoms with Crippen LogP contribution in [0.4, 0.5) is 0 Å². The fourth-order valence-corrected chi connectivity index (χ4v) is 3.23. The molecular weight excluding hydrogens is 254 g/mol. The van der Waals surface area contributed by atoms with Crippen molar-refractivity contribution >= 4 is 11.3 Å². The molecule has 0 aromatic carbocycles. The zero-order valence-corrected chi connectivity index (χ0v) is 13.8. The quantitative estimate of drug-likeness (QED) is 0.667. The van der Waals surface area contributed by atoms with E-state index in [9.17, 15) is 0 Å². The van der Waals surface area contributed by atoms with E-state index in [1.807, 2.05) is 11.3 Å². The van der Waals surface area contributed by atoms with Crippen LogP contribution in [0, 0.1) is 0 Å². The van der Waals surface area contributed by atoms with Crippen LogP contribution in [0.15, 0.2) is 0 Å². The second-order valence-corrected chi connectivity index (χ2v) is 5.99. The Morgan fingerprint density at radius 1 is 1.16 bits per heavy atom. The molecule has 3 nitrogen and oxygen atoms in total. The average molecular weight is 283 g/mol. The zero-order chi connectivity index (χ0) is 14.1. The van der Waals surface area contributed by atoms with Gasteiger partial charge in [-0.3, -0.25) is 4.90 Å². The minimum absolute atomic E-state index is 0.985. The number of nitrogens with zero attached hydrogens (tertiary/aromatic N) is 2. The van der Waals surface area contributed by atoms with Gasteiger partial charge >= 0.3 is 0 Å².